The number of ether oxygens (including phenoxy) is 2. The number of carbonyl (C=O) groups excluding carboxylic acids is 1. The monoisotopic (exact) mass is 359 g/mol. The van der Waals surface area contributed by atoms with Gasteiger partial charge in [-0.05, 0) is 42.7 Å². The molecule has 3 rings (SSSR count). The van der Waals surface area contributed by atoms with Crippen molar-refractivity contribution >= 4 is 17.5 Å². The van der Waals surface area contributed by atoms with E-state index in [2.05, 4.69) is 0 Å². The molecule has 1 heterocycles. The van der Waals surface area contributed by atoms with Crippen LogP contribution in [0.3, 0.4) is 0 Å². The Kier molecular flexibility index (Phi) is 6.31. The van der Waals surface area contributed by atoms with Gasteiger partial charge in [0.25, 0.3) is 5.91 Å². The van der Waals surface area contributed by atoms with Crippen LogP contribution < -0.4 is 4.74 Å². The molecule has 132 valence electrons. The zero-order chi connectivity index (χ0) is 17.5. The van der Waals surface area contributed by atoms with Crippen molar-refractivity contribution in [3.8, 4) is 5.75 Å². The molecule has 25 heavy (non-hydrogen) atoms. The van der Waals surface area contributed by atoms with Crippen LogP contribution in [0, 0.1) is 0 Å². The number of hydrogen-bond acceptors (Lipinski definition) is 3. The normalized spacial score (nSPS) is 17.3. The third-order valence-electron chi connectivity index (χ3n) is 4.24. The number of carbonyl (C=O) groups is 1. The highest BCUT2D eigenvalue weighted by atomic mass is 35.5. The molecule has 1 saturated heterocycles. The SMILES string of the molecule is O=C(COc1ccc(Cl)cc1)N1CCCC(OCc2ccccc2)C1. The Morgan fingerprint density at radius 3 is 2.64 bits per heavy atom. The Morgan fingerprint density at radius 2 is 1.88 bits per heavy atom. The highest BCUT2D eigenvalue weighted by molar-refractivity contribution is 6.30. The minimum absolute atomic E-state index is 0.0111. The van der Waals surface area contributed by atoms with Crippen LogP contribution in [-0.4, -0.2) is 36.6 Å². The van der Waals surface area contributed by atoms with E-state index in [0.29, 0.717) is 23.9 Å². The fourth-order valence-electron chi connectivity index (χ4n) is 2.86. The fourth-order valence-corrected chi connectivity index (χ4v) is 2.98. The molecule has 4 nitrogen and oxygen atoms in total. The third-order valence-corrected chi connectivity index (χ3v) is 4.49. The molecule has 1 aliphatic heterocycles. The zero-order valence-electron chi connectivity index (χ0n) is 14.1. The zero-order valence-corrected chi connectivity index (χ0v) is 14.8. The van der Waals surface area contributed by atoms with E-state index < -0.39 is 0 Å². The van der Waals surface area contributed by atoms with E-state index in [1.54, 1.807) is 24.3 Å². The van der Waals surface area contributed by atoms with Crippen molar-refractivity contribution in [2.45, 2.75) is 25.6 Å². The quantitative estimate of drug-likeness (QED) is 0.784. The third kappa shape index (κ3) is 5.48. The average molecular weight is 360 g/mol. The van der Waals surface area contributed by atoms with Crippen molar-refractivity contribution in [3.63, 3.8) is 0 Å². The minimum Gasteiger partial charge on any atom is -0.484 e. The van der Waals surface area contributed by atoms with Crippen LogP contribution in [0.15, 0.2) is 54.6 Å². The van der Waals surface area contributed by atoms with E-state index in [0.717, 1.165) is 24.9 Å². The Balaban J connectivity index is 1.45. The fraction of sp³-hybridized carbons (Fsp3) is 0.350. The first-order chi connectivity index (χ1) is 12.2. The number of halogens is 1. The molecule has 2 aromatic carbocycles. The predicted molar refractivity (Wildman–Crippen MR) is 97.8 cm³/mol. The van der Waals surface area contributed by atoms with Gasteiger partial charge in [0.2, 0.25) is 0 Å². The van der Waals surface area contributed by atoms with Crippen LogP contribution in [0.25, 0.3) is 0 Å². The van der Waals surface area contributed by atoms with Gasteiger partial charge in [-0.15, -0.1) is 0 Å². The van der Waals surface area contributed by atoms with Crippen molar-refractivity contribution in [3.05, 3.63) is 65.2 Å². The molecule has 0 aliphatic carbocycles. The van der Waals surface area contributed by atoms with Crippen LogP contribution in [0.1, 0.15) is 18.4 Å². The van der Waals surface area contributed by atoms with Crippen molar-refractivity contribution in [2.75, 3.05) is 19.7 Å². The first kappa shape index (κ1) is 17.8. The number of benzene rings is 2. The van der Waals surface area contributed by atoms with Gasteiger partial charge in [-0.1, -0.05) is 41.9 Å². The predicted octanol–water partition coefficient (Wildman–Crippen LogP) is 3.93. The summed E-state index contributed by atoms with van der Waals surface area (Å²) in [6.07, 6.45) is 2.01. The lowest BCUT2D eigenvalue weighted by atomic mass is 10.1. The molecule has 0 aromatic heterocycles. The average Bonchev–Trinajstić information content (AvgIpc) is 2.67. The molecule has 2 aromatic rings. The van der Waals surface area contributed by atoms with Gasteiger partial charge in [0.15, 0.2) is 6.61 Å². The first-order valence-electron chi connectivity index (χ1n) is 8.52. The molecule has 1 fully saturated rings. The lowest BCUT2D eigenvalue weighted by molar-refractivity contribution is -0.137. The van der Waals surface area contributed by atoms with Crippen molar-refractivity contribution in [1.29, 1.82) is 0 Å². The number of rotatable bonds is 6. The van der Waals surface area contributed by atoms with Crippen LogP contribution in [-0.2, 0) is 16.1 Å². The molecular formula is C20H22ClNO3. The van der Waals surface area contributed by atoms with Gasteiger partial charge in [0.05, 0.1) is 12.7 Å². The summed E-state index contributed by atoms with van der Waals surface area (Å²) >= 11 is 5.84. The molecule has 5 heteroatoms. The lowest BCUT2D eigenvalue weighted by Gasteiger charge is -2.32. The number of piperidine rings is 1. The molecule has 1 atom stereocenters. The van der Waals surface area contributed by atoms with Gasteiger partial charge in [-0.2, -0.15) is 0 Å². The summed E-state index contributed by atoms with van der Waals surface area (Å²) in [6.45, 7) is 1.99. The van der Waals surface area contributed by atoms with Crippen molar-refractivity contribution in [1.82, 2.24) is 4.90 Å². The summed E-state index contributed by atoms with van der Waals surface area (Å²) in [5.41, 5.74) is 1.15. The maximum absolute atomic E-state index is 12.4. The van der Waals surface area contributed by atoms with Gasteiger partial charge in [0.1, 0.15) is 5.75 Å². The van der Waals surface area contributed by atoms with E-state index >= 15 is 0 Å². The summed E-state index contributed by atoms with van der Waals surface area (Å²) in [5.74, 6) is 0.634. The largest absolute Gasteiger partial charge is 0.484 e. The number of amides is 1. The number of hydrogen-bond donors (Lipinski definition) is 0. The molecule has 0 saturated carbocycles. The standard InChI is InChI=1S/C20H22ClNO3/c21-17-8-10-18(11-9-17)25-15-20(23)22-12-4-7-19(13-22)24-14-16-5-2-1-3-6-16/h1-3,5-6,8-11,19H,4,7,12-15H2. The summed E-state index contributed by atoms with van der Waals surface area (Å²) in [6, 6.07) is 17.1. The molecule has 1 unspecified atom stereocenters. The smallest absolute Gasteiger partial charge is 0.260 e. The highest BCUT2D eigenvalue weighted by Crippen LogP contribution is 2.17. The molecule has 1 aliphatic rings. The summed E-state index contributed by atoms with van der Waals surface area (Å²) in [5, 5.41) is 0.646. The first-order valence-corrected chi connectivity index (χ1v) is 8.90. The topological polar surface area (TPSA) is 38.8 Å². The maximum atomic E-state index is 12.4. The molecular weight excluding hydrogens is 338 g/mol. The van der Waals surface area contributed by atoms with Crippen LogP contribution >= 0.6 is 11.6 Å². The van der Waals surface area contributed by atoms with Gasteiger partial charge in [0, 0.05) is 18.1 Å². The second kappa shape index (κ2) is 8.88. The van der Waals surface area contributed by atoms with Gasteiger partial charge in [-0.3, -0.25) is 4.79 Å². The molecule has 0 spiro atoms. The van der Waals surface area contributed by atoms with Gasteiger partial charge < -0.3 is 14.4 Å². The summed E-state index contributed by atoms with van der Waals surface area (Å²) in [7, 11) is 0. The molecule has 1 amide bonds. The van der Waals surface area contributed by atoms with E-state index in [1.807, 2.05) is 35.2 Å². The van der Waals surface area contributed by atoms with E-state index in [9.17, 15) is 4.79 Å². The van der Waals surface area contributed by atoms with Crippen LogP contribution in [0.4, 0.5) is 0 Å². The summed E-state index contributed by atoms with van der Waals surface area (Å²) < 4.78 is 11.5. The Hall–Kier alpha value is -2.04. The van der Waals surface area contributed by atoms with Crippen molar-refractivity contribution < 1.29 is 14.3 Å². The van der Waals surface area contributed by atoms with Gasteiger partial charge >= 0.3 is 0 Å². The Morgan fingerprint density at radius 1 is 1.12 bits per heavy atom. The lowest BCUT2D eigenvalue weighted by Crippen LogP contribution is -2.45. The second-order valence-corrected chi connectivity index (χ2v) is 6.58. The van der Waals surface area contributed by atoms with Crippen LogP contribution in [0.5, 0.6) is 5.75 Å². The number of likely N-dealkylation sites (tertiary alicyclic amines) is 1. The van der Waals surface area contributed by atoms with E-state index in [-0.39, 0.29) is 18.6 Å². The van der Waals surface area contributed by atoms with Crippen molar-refractivity contribution in [2.24, 2.45) is 0 Å². The molecule has 0 radical (unpaired) electrons. The molecule has 0 N–H and O–H groups in total. The Labute approximate surface area is 153 Å². The number of nitrogens with zero attached hydrogens (tertiary/aromatic N) is 1. The van der Waals surface area contributed by atoms with Gasteiger partial charge in [-0.25, -0.2) is 0 Å². The maximum Gasteiger partial charge on any atom is 0.260 e. The van der Waals surface area contributed by atoms with E-state index in [4.69, 9.17) is 21.1 Å². The Bertz CT molecular complexity index is 675. The summed E-state index contributed by atoms with van der Waals surface area (Å²) in [4.78, 5) is 14.2. The highest BCUT2D eigenvalue weighted by Gasteiger charge is 2.24. The second-order valence-electron chi connectivity index (χ2n) is 6.14. The minimum atomic E-state index is -0.0111. The van der Waals surface area contributed by atoms with E-state index in [1.165, 1.54) is 0 Å². The molecule has 0 bridgehead atoms. The van der Waals surface area contributed by atoms with Crippen LogP contribution in [0.2, 0.25) is 5.02 Å².